The minimum absolute atomic E-state index is 0.189. The lowest BCUT2D eigenvalue weighted by atomic mass is 9.82. The van der Waals surface area contributed by atoms with Crippen LogP contribution < -0.4 is 29.5 Å². The van der Waals surface area contributed by atoms with Crippen molar-refractivity contribution >= 4 is 17.2 Å². The largest absolute Gasteiger partial charge is 0.494 e. The van der Waals surface area contributed by atoms with E-state index >= 15 is 0 Å². The van der Waals surface area contributed by atoms with Gasteiger partial charge in [-0.15, -0.1) is 0 Å². The highest BCUT2D eigenvalue weighted by molar-refractivity contribution is 5.89. The Bertz CT molecular complexity index is 1720. The monoisotopic (exact) mass is 563 g/mol. The standard InChI is InChI=1S/C36H38N2O4/c39-31(40)11-1-2-20-41-26-14-12-23(13-15-26)32-29-21-24-7-3-16-37-18-5-9-27(33(24)37)35(29)42-36-28-10-6-19-38-17-4-8-25(34(28)38)22-30(32)36/h12-15,21-22H,1-11,16-20H2/p+1. The SMILES string of the molecule is O=C(O)CCCCOc1ccc(C2=c3cc4c5c(c3Oc3c2cc2c6c3CCCN6CCC2)CCC[N+]=5CCC4)cc1. The molecule has 0 aromatic heterocycles. The number of nitrogens with zero attached hydrogens (tertiary/aromatic N) is 2. The van der Waals surface area contributed by atoms with Crippen LogP contribution in [0.1, 0.15) is 78.3 Å². The lowest BCUT2D eigenvalue weighted by Crippen LogP contribution is -2.45. The summed E-state index contributed by atoms with van der Waals surface area (Å²) in [5, 5.41) is 11.6. The van der Waals surface area contributed by atoms with Gasteiger partial charge in [0.25, 0.3) is 0 Å². The maximum atomic E-state index is 10.8. The first-order valence-electron chi connectivity index (χ1n) is 16.0. The van der Waals surface area contributed by atoms with Crippen molar-refractivity contribution in [3.8, 4) is 17.2 Å². The van der Waals surface area contributed by atoms with Gasteiger partial charge in [0.2, 0.25) is 5.36 Å². The molecule has 42 heavy (non-hydrogen) atoms. The Balaban J connectivity index is 1.29. The van der Waals surface area contributed by atoms with Crippen LogP contribution in [0.5, 0.6) is 17.2 Å². The maximum absolute atomic E-state index is 10.8. The van der Waals surface area contributed by atoms with E-state index in [1.807, 2.05) is 0 Å². The molecule has 0 bridgehead atoms. The number of rotatable bonds is 7. The molecule has 6 nitrogen and oxygen atoms in total. The van der Waals surface area contributed by atoms with Gasteiger partial charge in [-0.25, -0.2) is 4.58 Å². The van der Waals surface area contributed by atoms with Crippen LogP contribution in [-0.4, -0.2) is 43.9 Å². The lowest BCUT2D eigenvalue weighted by Gasteiger charge is -2.39. The van der Waals surface area contributed by atoms with Crippen molar-refractivity contribution in [3.05, 3.63) is 80.4 Å². The second-order valence-corrected chi connectivity index (χ2v) is 12.6. The second kappa shape index (κ2) is 10.5. The Morgan fingerprint density at radius 1 is 0.881 bits per heavy atom. The van der Waals surface area contributed by atoms with Gasteiger partial charge in [0.1, 0.15) is 30.3 Å². The third-order valence-corrected chi connectivity index (χ3v) is 9.88. The van der Waals surface area contributed by atoms with Crippen molar-refractivity contribution in [2.24, 2.45) is 0 Å². The number of carboxylic acids is 1. The van der Waals surface area contributed by atoms with Gasteiger partial charge in [0.05, 0.1) is 12.2 Å². The van der Waals surface area contributed by atoms with E-state index in [2.05, 4.69) is 45.9 Å². The van der Waals surface area contributed by atoms with E-state index in [9.17, 15) is 4.79 Å². The zero-order valence-electron chi connectivity index (χ0n) is 24.3. The van der Waals surface area contributed by atoms with E-state index in [0.717, 1.165) is 75.5 Å². The summed E-state index contributed by atoms with van der Waals surface area (Å²) in [6.07, 6.45) is 10.7. The van der Waals surface area contributed by atoms with Crippen molar-refractivity contribution in [2.45, 2.75) is 70.6 Å². The van der Waals surface area contributed by atoms with Gasteiger partial charge in [-0.1, -0.05) is 12.1 Å². The minimum atomic E-state index is -0.750. The van der Waals surface area contributed by atoms with Crippen LogP contribution in [0, 0.1) is 0 Å². The summed E-state index contributed by atoms with van der Waals surface area (Å²) in [6, 6.07) is 13.5. The van der Waals surface area contributed by atoms with Crippen LogP contribution in [-0.2, 0) is 30.5 Å². The highest BCUT2D eigenvalue weighted by Crippen LogP contribution is 2.48. The van der Waals surface area contributed by atoms with Crippen molar-refractivity contribution < 1.29 is 19.4 Å². The molecule has 3 aromatic carbocycles. The lowest BCUT2D eigenvalue weighted by molar-refractivity contribution is -0.137. The molecule has 0 saturated heterocycles. The molecule has 8 rings (SSSR count). The first kappa shape index (κ1) is 25.9. The number of hydrogen-bond acceptors (Lipinski definition) is 4. The molecule has 6 heteroatoms. The molecule has 0 spiro atoms. The van der Waals surface area contributed by atoms with Gasteiger partial charge in [-0.2, -0.15) is 0 Å². The number of benzene rings is 3. The Morgan fingerprint density at radius 3 is 2.48 bits per heavy atom. The summed E-state index contributed by atoms with van der Waals surface area (Å²) in [6.45, 7) is 5.13. The molecule has 5 heterocycles. The second-order valence-electron chi connectivity index (χ2n) is 12.6. The maximum Gasteiger partial charge on any atom is 0.303 e. The third kappa shape index (κ3) is 4.29. The molecular formula is C36H39N2O4+. The highest BCUT2D eigenvalue weighted by atomic mass is 16.5. The van der Waals surface area contributed by atoms with Crippen LogP contribution >= 0.6 is 0 Å². The Kier molecular flexibility index (Phi) is 6.46. The van der Waals surface area contributed by atoms with Crippen molar-refractivity contribution in [2.75, 3.05) is 37.7 Å². The zero-order valence-corrected chi connectivity index (χ0v) is 24.3. The van der Waals surface area contributed by atoms with E-state index < -0.39 is 5.97 Å². The average Bonchev–Trinajstić information content (AvgIpc) is 3.01. The summed E-state index contributed by atoms with van der Waals surface area (Å²) in [5.74, 6) is 2.26. The van der Waals surface area contributed by atoms with Crippen molar-refractivity contribution in [3.63, 3.8) is 0 Å². The predicted molar refractivity (Wildman–Crippen MR) is 164 cm³/mol. The Morgan fingerprint density at radius 2 is 1.64 bits per heavy atom. The number of carboxylic acid groups (broad SMARTS) is 1. The van der Waals surface area contributed by atoms with Crippen LogP contribution in [0.2, 0.25) is 0 Å². The van der Waals surface area contributed by atoms with Crippen LogP contribution in [0.15, 0.2) is 36.4 Å². The summed E-state index contributed by atoms with van der Waals surface area (Å²) in [5.41, 5.74) is 11.0. The fraction of sp³-hybridized carbons (Fsp3) is 0.444. The zero-order chi connectivity index (χ0) is 28.2. The van der Waals surface area contributed by atoms with Crippen LogP contribution in [0.4, 0.5) is 5.69 Å². The quantitative estimate of drug-likeness (QED) is 0.260. The molecule has 0 aliphatic carbocycles. The number of aryl methyl sites for hydroxylation is 2. The molecule has 216 valence electrons. The van der Waals surface area contributed by atoms with Gasteiger partial charge in [-0.3, -0.25) is 4.79 Å². The van der Waals surface area contributed by atoms with Gasteiger partial charge in [0.15, 0.2) is 0 Å². The number of anilines is 1. The number of hydrogen-bond donors (Lipinski definition) is 1. The van der Waals surface area contributed by atoms with Crippen LogP contribution in [0.3, 0.4) is 0 Å². The third-order valence-electron chi connectivity index (χ3n) is 9.88. The van der Waals surface area contributed by atoms with Crippen molar-refractivity contribution in [1.29, 1.82) is 0 Å². The normalized spacial score (nSPS) is 18.0. The number of carbonyl (C=O) groups is 1. The molecule has 0 atom stereocenters. The molecule has 0 fully saturated rings. The van der Waals surface area contributed by atoms with E-state index in [1.54, 1.807) is 0 Å². The topological polar surface area (TPSA) is 62.0 Å². The molecule has 0 saturated carbocycles. The van der Waals surface area contributed by atoms with E-state index in [4.69, 9.17) is 14.6 Å². The molecule has 0 unspecified atom stereocenters. The molecule has 3 aromatic rings. The minimum Gasteiger partial charge on any atom is -0.494 e. The first-order chi connectivity index (χ1) is 20.7. The molecular weight excluding hydrogens is 524 g/mol. The number of aliphatic carboxylic acids is 1. The molecule has 5 aliphatic rings. The fourth-order valence-corrected chi connectivity index (χ4v) is 8.11. The number of ether oxygens (including phenoxy) is 2. The molecule has 1 N–H and O–H groups in total. The molecule has 0 amide bonds. The van der Waals surface area contributed by atoms with Gasteiger partial charge >= 0.3 is 5.97 Å². The smallest absolute Gasteiger partial charge is 0.303 e. The highest BCUT2D eigenvalue weighted by Gasteiger charge is 2.35. The number of unbranched alkanes of at least 4 members (excludes halogenated alkanes) is 1. The van der Waals surface area contributed by atoms with E-state index in [0.29, 0.717) is 13.0 Å². The molecule has 5 aliphatic heterocycles. The summed E-state index contributed by atoms with van der Waals surface area (Å²) >= 11 is 0. The predicted octanol–water partition coefficient (Wildman–Crippen LogP) is 4.76. The van der Waals surface area contributed by atoms with Gasteiger partial charge in [-0.05, 0) is 86.8 Å². The van der Waals surface area contributed by atoms with Gasteiger partial charge in [0, 0.05) is 65.5 Å². The Labute approximate surface area is 246 Å². The Hall–Kier alpha value is -3.80. The molecule has 0 radical (unpaired) electrons. The summed E-state index contributed by atoms with van der Waals surface area (Å²) in [4.78, 5) is 13.4. The summed E-state index contributed by atoms with van der Waals surface area (Å²) < 4.78 is 15.7. The summed E-state index contributed by atoms with van der Waals surface area (Å²) in [7, 11) is 0. The number of fused-ring (bicyclic) bond motifs is 4. The first-order valence-corrected chi connectivity index (χ1v) is 16.0. The van der Waals surface area contributed by atoms with E-state index in [-0.39, 0.29) is 6.42 Å². The van der Waals surface area contributed by atoms with Crippen molar-refractivity contribution in [1.82, 2.24) is 4.58 Å². The van der Waals surface area contributed by atoms with Gasteiger partial charge < -0.3 is 19.5 Å². The van der Waals surface area contributed by atoms with E-state index in [1.165, 1.54) is 80.9 Å². The average molecular weight is 564 g/mol. The van der Waals surface area contributed by atoms with Crippen LogP contribution in [0.25, 0.3) is 5.57 Å². The fourth-order valence-electron chi connectivity index (χ4n) is 8.11.